The van der Waals surface area contributed by atoms with Crippen LogP contribution in [-0.2, 0) is 5.54 Å². The molecule has 7 heteroatoms. The molecule has 0 radical (unpaired) electrons. The van der Waals surface area contributed by atoms with Gasteiger partial charge >= 0.3 is 0 Å². The van der Waals surface area contributed by atoms with E-state index >= 15 is 0 Å². The third kappa shape index (κ3) is 2.41. The molecule has 18 heavy (non-hydrogen) atoms. The van der Waals surface area contributed by atoms with E-state index in [2.05, 4.69) is 37.7 Å². The Morgan fingerprint density at radius 2 is 2.11 bits per heavy atom. The maximum absolute atomic E-state index is 6.28. The summed E-state index contributed by atoms with van der Waals surface area (Å²) in [5, 5.41) is 4.02. The molecular formula is C11H14ClIN4O. The smallest absolute Gasteiger partial charge is 0.274 e. The highest BCUT2D eigenvalue weighted by molar-refractivity contribution is 14.1. The molecule has 2 aromatic rings. The first-order chi connectivity index (χ1) is 8.17. The van der Waals surface area contributed by atoms with Crippen molar-refractivity contribution in [2.45, 2.75) is 31.2 Å². The predicted octanol–water partition coefficient (Wildman–Crippen LogP) is 2.82. The van der Waals surface area contributed by atoms with Crippen LogP contribution in [0.5, 0.6) is 0 Å². The molecule has 1 saturated carbocycles. The Morgan fingerprint density at radius 1 is 1.39 bits per heavy atom. The van der Waals surface area contributed by atoms with Crippen molar-refractivity contribution in [3.05, 3.63) is 21.7 Å². The zero-order chi connectivity index (χ0) is 11.9. The monoisotopic (exact) mass is 380 g/mol. The molecule has 1 aliphatic carbocycles. The fraction of sp³-hybridized carbons (Fsp3) is 0.455. The van der Waals surface area contributed by atoms with Crippen LogP contribution in [0.15, 0.2) is 16.8 Å². The van der Waals surface area contributed by atoms with Crippen molar-refractivity contribution in [1.29, 1.82) is 0 Å². The summed E-state index contributed by atoms with van der Waals surface area (Å²) in [7, 11) is 0. The Kier molecular flexibility index (Phi) is 3.98. The van der Waals surface area contributed by atoms with Gasteiger partial charge in [0.1, 0.15) is 5.69 Å². The van der Waals surface area contributed by atoms with Gasteiger partial charge in [-0.25, -0.2) is 0 Å². The number of rotatable bonds is 2. The van der Waals surface area contributed by atoms with Gasteiger partial charge in [0.25, 0.3) is 5.89 Å². The van der Waals surface area contributed by atoms with E-state index in [0.717, 1.165) is 34.9 Å². The van der Waals surface area contributed by atoms with Crippen LogP contribution < -0.4 is 5.73 Å². The van der Waals surface area contributed by atoms with Crippen molar-refractivity contribution in [3.63, 3.8) is 0 Å². The number of aromatic nitrogens is 3. The molecule has 3 N–H and O–H groups in total. The summed E-state index contributed by atoms with van der Waals surface area (Å²) in [5.41, 5.74) is 6.74. The van der Waals surface area contributed by atoms with Gasteiger partial charge in [0.15, 0.2) is 5.82 Å². The first-order valence-electron chi connectivity index (χ1n) is 5.65. The Labute approximate surface area is 124 Å². The van der Waals surface area contributed by atoms with E-state index < -0.39 is 0 Å². The van der Waals surface area contributed by atoms with Crippen molar-refractivity contribution in [2.75, 3.05) is 0 Å². The van der Waals surface area contributed by atoms with Crippen LogP contribution in [0.1, 0.15) is 31.5 Å². The van der Waals surface area contributed by atoms with E-state index in [1.165, 1.54) is 0 Å². The van der Waals surface area contributed by atoms with Crippen LogP contribution in [0.25, 0.3) is 11.6 Å². The van der Waals surface area contributed by atoms with E-state index in [-0.39, 0.29) is 17.9 Å². The second-order valence-corrected chi connectivity index (χ2v) is 5.76. The summed E-state index contributed by atoms with van der Waals surface area (Å²) >= 11 is 2.23. The van der Waals surface area contributed by atoms with Crippen LogP contribution in [0, 0.1) is 3.57 Å². The largest absolute Gasteiger partial charge is 0.356 e. The number of nitrogens with zero attached hydrogens (tertiary/aromatic N) is 2. The lowest BCUT2D eigenvalue weighted by atomic mass is 9.99. The number of hydrogen-bond acceptors (Lipinski definition) is 4. The van der Waals surface area contributed by atoms with E-state index in [4.69, 9.17) is 10.3 Å². The Morgan fingerprint density at radius 3 is 2.72 bits per heavy atom. The molecule has 2 aromatic heterocycles. The molecule has 5 nitrogen and oxygen atoms in total. The van der Waals surface area contributed by atoms with E-state index in [1.807, 2.05) is 12.3 Å². The lowest BCUT2D eigenvalue weighted by molar-refractivity contribution is 0.372. The standard InChI is InChI=1S/C11H13IN4O.ClH/c12-7-5-8(14-6-7)9-15-10(16-17-9)11(13)3-1-2-4-11;/h5-6,14H,1-4,13H2;1H. The van der Waals surface area contributed by atoms with E-state index in [9.17, 15) is 0 Å². The van der Waals surface area contributed by atoms with Gasteiger partial charge in [0, 0.05) is 9.77 Å². The van der Waals surface area contributed by atoms with Gasteiger partial charge in [-0.3, -0.25) is 0 Å². The summed E-state index contributed by atoms with van der Waals surface area (Å²) in [6, 6.07) is 1.97. The molecule has 0 unspecified atom stereocenters. The fourth-order valence-corrected chi connectivity index (χ4v) is 2.72. The number of halogens is 2. The number of H-pyrrole nitrogens is 1. The second-order valence-electron chi connectivity index (χ2n) is 4.52. The summed E-state index contributed by atoms with van der Waals surface area (Å²) in [5.74, 6) is 1.15. The lowest BCUT2D eigenvalue weighted by Gasteiger charge is -2.17. The average molecular weight is 381 g/mol. The van der Waals surface area contributed by atoms with Crippen molar-refractivity contribution in [1.82, 2.24) is 15.1 Å². The molecule has 1 aliphatic rings. The number of nitrogens with two attached hydrogens (primary N) is 1. The molecule has 0 bridgehead atoms. The second kappa shape index (κ2) is 5.18. The maximum atomic E-state index is 6.28. The highest BCUT2D eigenvalue weighted by Crippen LogP contribution is 2.35. The number of nitrogens with one attached hydrogen (secondary N) is 1. The first-order valence-corrected chi connectivity index (χ1v) is 6.73. The molecule has 1 fully saturated rings. The molecule has 98 valence electrons. The number of hydrogen-bond donors (Lipinski definition) is 2. The topological polar surface area (TPSA) is 80.7 Å². The van der Waals surface area contributed by atoms with Gasteiger partial charge in [0.05, 0.1) is 5.54 Å². The Bertz CT molecular complexity index is 533. The van der Waals surface area contributed by atoms with Gasteiger partial charge in [-0.2, -0.15) is 4.98 Å². The van der Waals surface area contributed by atoms with Crippen LogP contribution >= 0.6 is 35.0 Å². The molecule has 0 amide bonds. The minimum Gasteiger partial charge on any atom is -0.356 e. The van der Waals surface area contributed by atoms with Crippen molar-refractivity contribution in [3.8, 4) is 11.6 Å². The fourth-order valence-electron chi connectivity index (χ4n) is 2.26. The molecular weight excluding hydrogens is 367 g/mol. The first kappa shape index (κ1) is 13.8. The van der Waals surface area contributed by atoms with Gasteiger partial charge in [-0.1, -0.05) is 18.0 Å². The zero-order valence-corrected chi connectivity index (χ0v) is 12.6. The minimum absolute atomic E-state index is 0. The van der Waals surface area contributed by atoms with Gasteiger partial charge < -0.3 is 15.2 Å². The molecule has 3 rings (SSSR count). The Hall–Kier alpha value is -0.600. The third-order valence-corrected chi connectivity index (χ3v) is 3.87. The summed E-state index contributed by atoms with van der Waals surface area (Å²) in [6.45, 7) is 0. The predicted molar refractivity (Wildman–Crippen MR) is 78.4 cm³/mol. The van der Waals surface area contributed by atoms with E-state index in [0.29, 0.717) is 11.7 Å². The number of aromatic amines is 1. The van der Waals surface area contributed by atoms with Crippen LogP contribution in [0.2, 0.25) is 0 Å². The van der Waals surface area contributed by atoms with Crippen LogP contribution in [-0.4, -0.2) is 15.1 Å². The quantitative estimate of drug-likeness (QED) is 0.785. The third-order valence-electron chi connectivity index (χ3n) is 3.25. The van der Waals surface area contributed by atoms with Crippen LogP contribution in [0.4, 0.5) is 0 Å². The van der Waals surface area contributed by atoms with Gasteiger partial charge in [-0.15, -0.1) is 12.4 Å². The normalized spacial score (nSPS) is 17.7. The van der Waals surface area contributed by atoms with Gasteiger partial charge in [0.2, 0.25) is 0 Å². The zero-order valence-electron chi connectivity index (χ0n) is 9.65. The summed E-state index contributed by atoms with van der Waals surface area (Å²) < 4.78 is 6.38. The molecule has 0 aliphatic heterocycles. The highest BCUT2D eigenvalue weighted by Gasteiger charge is 2.36. The molecule has 0 saturated heterocycles. The van der Waals surface area contributed by atoms with E-state index in [1.54, 1.807) is 0 Å². The minimum atomic E-state index is -0.387. The molecule has 2 heterocycles. The SMILES string of the molecule is Cl.NC1(c2noc(-c3cc(I)c[nH]3)n2)CCCC1. The summed E-state index contributed by atoms with van der Waals surface area (Å²) in [4.78, 5) is 7.50. The van der Waals surface area contributed by atoms with Crippen molar-refractivity contribution < 1.29 is 4.52 Å². The van der Waals surface area contributed by atoms with Gasteiger partial charge in [-0.05, 0) is 41.5 Å². The average Bonchev–Trinajstić information content (AvgIpc) is 2.96. The molecule has 0 atom stereocenters. The molecule has 0 aromatic carbocycles. The highest BCUT2D eigenvalue weighted by atomic mass is 127. The Balaban J connectivity index is 0.00000120. The van der Waals surface area contributed by atoms with Crippen molar-refractivity contribution >= 4 is 35.0 Å². The molecule has 0 spiro atoms. The maximum Gasteiger partial charge on any atom is 0.274 e. The lowest BCUT2D eigenvalue weighted by Crippen LogP contribution is -2.34. The summed E-state index contributed by atoms with van der Waals surface area (Å²) in [6.07, 6.45) is 6.05. The van der Waals surface area contributed by atoms with Crippen molar-refractivity contribution in [2.24, 2.45) is 5.73 Å². The van der Waals surface area contributed by atoms with Crippen LogP contribution in [0.3, 0.4) is 0 Å².